The number of nitrogens with one attached hydrogen (secondary N) is 1. The Morgan fingerprint density at radius 2 is 2.14 bits per heavy atom. The highest BCUT2D eigenvalue weighted by Crippen LogP contribution is 2.29. The number of hydrogen-bond acceptors (Lipinski definition) is 7. The summed E-state index contributed by atoms with van der Waals surface area (Å²) in [5.74, 6) is -0.220. The molecular weight excluding hydrogens is 404 g/mol. The van der Waals surface area contributed by atoms with Crippen molar-refractivity contribution in [2.24, 2.45) is 0 Å². The molecule has 0 aliphatic rings. The van der Waals surface area contributed by atoms with Gasteiger partial charge in [0.05, 0.1) is 27.7 Å². The number of carbonyl (C=O) groups excluding carboxylic acids is 1. The molecule has 7 nitrogen and oxygen atoms in total. The summed E-state index contributed by atoms with van der Waals surface area (Å²) in [5, 5.41) is 19.8. The van der Waals surface area contributed by atoms with Crippen LogP contribution in [0.5, 0.6) is 0 Å². The van der Waals surface area contributed by atoms with Crippen molar-refractivity contribution in [3.63, 3.8) is 0 Å². The molecule has 0 radical (unpaired) electrons. The van der Waals surface area contributed by atoms with Crippen molar-refractivity contribution in [2.45, 2.75) is 46.1 Å². The van der Waals surface area contributed by atoms with Gasteiger partial charge in [0, 0.05) is 13.0 Å². The van der Waals surface area contributed by atoms with E-state index in [2.05, 4.69) is 27.5 Å². The van der Waals surface area contributed by atoms with Crippen LogP contribution < -0.4 is 5.32 Å². The first-order chi connectivity index (χ1) is 14.2. The van der Waals surface area contributed by atoms with Gasteiger partial charge in [0.1, 0.15) is 5.01 Å². The second kappa shape index (κ2) is 8.79. The average Bonchev–Trinajstić information content (AvgIpc) is 3.48. The molecule has 29 heavy (non-hydrogen) atoms. The molecule has 4 aromatic rings. The fourth-order valence-electron chi connectivity index (χ4n) is 3.11. The van der Waals surface area contributed by atoms with Crippen LogP contribution in [-0.4, -0.2) is 30.9 Å². The van der Waals surface area contributed by atoms with E-state index in [-0.39, 0.29) is 5.91 Å². The molecule has 150 valence electrons. The summed E-state index contributed by atoms with van der Waals surface area (Å²) in [6.07, 6.45) is 6.02. The van der Waals surface area contributed by atoms with Gasteiger partial charge in [0.2, 0.25) is 5.13 Å². The molecule has 4 aromatic heterocycles. The zero-order chi connectivity index (χ0) is 20.2. The van der Waals surface area contributed by atoms with Crippen molar-refractivity contribution >= 4 is 44.7 Å². The van der Waals surface area contributed by atoms with Crippen LogP contribution in [0.25, 0.3) is 21.6 Å². The van der Waals surface area contributed by atoms with E-state index in [9.17, 15) is 4.79 Å². The second-order valence-corrected chi connectivity index (χ2v) is 8.65. The van der Waals surface area contributed by atoms with Crippen molar-refractivity contribution in [1.29, 1.82) is 0 Å². The Balaban J connectivity index is 1.64. The largest absolute Gasteiger partial charge is 0.296 e. The summed E-state index contributed by atoms with van der Waals surface area (Å²) in [5.41, 5.74) is 2.02. The lowest BCUT2D eigenvalue weighted by molar-refractivity contribution is 0.102. The Hall–Kier alpha value is -2.65. The number of fused-ring (bicyclic) bond motifs is 1. The molecule has 0 fully saturated rings. The van der Waals surface area contributed by atoms with Gasteiger partial charge in [-0.05, 0) is 30.9 Å². The topological polar surface area (TPSA) is 85.6 Å². The number of anilines is 1. The molecule has 0 unspecified atom stereocenters. The Kier molecular flexibility index (Phi) is 5.96. The Labute approximate surface area is 176 Å². The summed E-state index contributed by atoms with van der Waals surface area (Å²) < 4.78 is 1.81. The fraction of sp³-hybridized carbons (Fsp3) is 0.350. The van der Waals surface area contributed by atoms with Gasteiger partial charge in [-0.3, -0.25) is 10.1 Å². The SMILES string of the molecule is CCCCCc1nnc(NC(=O)c2cc(-c3cccs3)nc3c2cnn3CC)s1. The van der Waals surface area contributed by atoms with Crippen molar-refractivity contribution in [1.82, 2.24) is 25.0 Å². The lowest BCUT2D eigenvalue weighted by Gasteiger charge is -2.07. The molecule has 0 aliphatic heterocycles. The summed E-state index contributed by atoms with van der Waals surface area (Å²) in [6.45, 7) is 4.86. The third-order valence-electron chi connectivity index (χ3n) is 4.61. The van der Waals surface area contributed by atoms with E-state index < -0.39 is 0 Å². The molecule has 0 spiro atoms. The average molecular weight is 427 g/mol. The molecular formula is C20H22N6OS2. The number of hydrogen-bond donors (Lipinski definition) is 1. The Bertz CT molecular complexity index is 1120. The van der Waals surface area contributed by atoms with Gasteiger partial charge in [-0.1, -0.05) is 37.2 Å². The van der Waals surface area contributed by atoms with Crippen LogP contribution in [0.1, 0.15) is 48.5 Å². The zero-order valence-corrected chi connectivity index (χ0v) is 18.0. The van der Waals surface area contributed by atoms with Crippen LogP contribution in [0.2, 0.25) is 0 Å². The molecule has 0 aliphatic carbocycles. The van der Waals surface area contributed by atoms with Crippen molar-refractivity contribution in [2.75, 3.05) is 5.32 Å². The standard InChI is InChI=1S/C20H22N6OS2/c1-3-5-6-9-17-24-25-20(29-17)23-19(27)13-11-15(16-8-7-10-28-16)22-18-14(13)12-21-26(18)4-2/h7-8,10-12H,3-6,9H2,1-2H3,(H,23,25,27). The van der Waals surface area contributed by atoms with Gasteiger partial charge in [-0.2, -0.15) is 5.10 Å². The maximum absolute atomic E-state index is 13.1. The maximum Gasteiger partial charge on any atom is 0.258 e. The number of aromatic nitrogens is 5. The van der Waals surface area contributed by atoms with E-state index in [1.165, 1.54) is 24.2 Å². The summed E-state index contributed by atoms with van der Waals surface area (Å²) >= 11 is 3.03. The highest BCUT2D eigenvalue weighted by Gasteiger charge is 2.19. The number of unbranched alkanes of at least 4 members (excludes halogenated alkanes) is 2. The first-order valence-electron chi connectivity index (χ1n) is 9.73. The molecule has 0 saturated carbocycles. The van der Waals surface area contributed by atoms with Gasteiger partial charge in [-0.25, -0.2) is 9.67 Å². The van der Waals surface area contributed by atoms with Crippen LogP contribution in [0.4, 0.5) is 5.13 Å². The van der Waals surface area contributed by atoms with Crippen LogP contribution in [-0.2, 0) is 13.0 Å². The second-order valence-electron chi connectivity index (χ2n) is 6.64. The molecule has 0 aromatic carbocycles. The first kappa shape index (κ1) is 19.7. The van der Waals surface area contributed by atoms with E-state index in [4.69, 9.17) is 4.98 Å². The van der Waals surface area contributed by atoms with Gasteiger partial charge in [0.25, 0.3) is 5.91 Å². The van der Waals surface area contributed by atoms with Crippen LogP contribution in [0, 0.1) is 0 Å². The monoisotopic (exact) mass is 426 g/mol. The third-order valence-corrected chi connectivity index (χ3v) is 6.40. The van der Waals surface area contributed by atoms with Crippen LogP contribution >= 0.6 is 22.7 Å². The highest BCUT2D eigenvalue weighted by atomic mass is 32.1. The number of amides is 1. The van der Waals surface area contributed by atoms with E-state index in [0.29, 0.717) is 22.9 Å². The fourth-order valence-corrected chi connectivity index (χ4v) is 4.58. The molecule has 0 atom stereocenters. The van der Waals surface area contributed by atoms with Gasteiger partial charge >= 0.3 is 0 Å². The molecule has 0 bridgehead atoms. The molecule has 0 saturated heterocycles. The summed E-state index contributed by atoms with van der Waals surface area (Å²) in [4.78, 5) is 18.8. The lowest BCUT2D eigenvalue weighted by Crippen LogP contribution is -2.13. The summed E-state index contributed by atoms with van der Waals surface area (Å²) in [7, 11) is 0. The zero-order valence-electron chi connectivity index (χ0n) is 16.4. The third kappa shape index (κ3) is 4.20. The van der Waals surface area contributed by atoms with Crippen LogP contribution in [0.15, 0.2) is 29.8 Å². The minimum Gasteiger partial charge on any atom is -0.296 e. The predicted octanol–water partition coefficient (Wildman–Crippen LogP) is 5.02. The van der Waals surface area contributed by atoms with Crippen molar-refractivity contribution in [3.8, 4) is 10.6 Å². The predicted molar refractivity (Wildman–Crippen MR) is 118 cm³/mol. The minimum atomic E-state index is -0.220. The summed E-state index contributed by atoms with van der Waals surface area (Å²) in [6, 6.07) is 5.80. The first-order valence-corrected chi connectivity index (χ1v) is 11.4. The van der Waals surface area contributed by atoms with E-state index in [0.717, 1.165) is 33.8 Å². The highest BCUT2D eigenvalue weighted by molar-refractivity contribution is 7.15. The minimum absolute atomic E-state index is 0.220. The number of nitrogens with zero attached hydrogens (tertiary/aromatic N) is 5. The van der Waals surface area contributed by atoms with Gasteiger partial charge in [-0.15, -0.1) is 21.5 Å². The number of pyridine rings is 1. The number of aryl methyl sites for hydroxylation is 2. The maximum atomic E-state index is 13.1. The molecule has 1 amide bonds. The number of rotatable bonds is 8. The van der Waals surface area contributed by atoms with Gasteiger partial charge in [0.15, 0.2) is 5.65 Å². The number of carbonyl (C=O) groups is 1. The Morgan fingerprint density at radius 3 is 2.90 bits per heavy atom. The molecule has 4 heterocycles. The molecule has 9 heteroatoms. The van der Waals surface area contributed by atoms with Crippen molar-refractivity contribution < 1.29 is 4.79 Å². The quantitative estimate of drug-likeness (QED) is 0.400. The Morgan fingerprint density at radius 1 is 1.24 bits per heavy atom. The molecule has 1 N–H and O–H groups in total. The lowest BCUT2D eigenvalue weighted by atomic mass is 10.1. The van der Waals surface area contributed by atoms with Crippen LogP contribution in [0.3, 0.4) is 0 Å². The number of thiophene rings is 1. The van der Waals surface area contributed by atoms with E-state index >= 15 is 0 Å². The molecule has 4 rings (SSSR count). The van der Waals surface area contributed by atoms with Gasteiger partial charge < -0.3 is 0 Å². The normalized spacial score (nSPS) is 11.2. The van der Waals surface area contributed by atoms with Crippen molar-refractivity contribution in [3.05, 3.63) is 40.3 Å². The smallest absolute Gasteiger partial charge is 0.258 e. The van der Waals surface area contributed by atoms with E-state index in [1.807, 2.05) is 30.5 Å². The van der Waals surface area contributed by atoms with E-state index in [1.54, 1.807) is 22.2 Å².